The van der Waals surface area contributed by atoms with Crippen LogP contribution in [-0.2, 0) is 22.2 Å². The first-order valence-corrected chi connectivity index (χ1v) is 9.34. The monoisotopic (exact) mass is 357 g/mol. The van der Waals surface area contributed by atoms with E-state index >= 15 is 0 Å². The smallest absolute Gasteiger partial charge is 0.346 e. The summed E-state index contributed by atoms with van der Waals surface area (Å²) in [6.07, 6.45) is 0.340. The Balaban J connectivity index is 2.03. The maximum absolute atomic E-state index is 13.1. The Bertz CT molecular complexity index is 801. The summed E-state index contributed by atoms with van der Waals surface area (Å²) in [4.78, 5) is 11.0. The van der Waals surface area contributed by atoms with Crippen molar-refractivity contribution in [2.24, 2.45) is 0 Å². The summed E-state index contributed by atoms with van der Waals surface area (Å²) in [5.74, 6) is -1.91. The van der Waals surface area contributed by atoms with Crippen LogP contribution >= 0.6 is 11.3 Å². The molecule has 0 saturated carbocycles. The van der Waals surface area contributed by atoms with Crippen LogP contribution in [0.1, 0.15) is 27.7 Å². The zero-order chi connectivity index (χ0) is 17.0. The molecule has 0 aliphatic carbocycles. The average molecular weight is 357 g/mol. The number of rotatable bonds is 7. The van der Waals surface area contributed by atoms with Crippen molar-refractivity contribution < 1.29 is 22.7 Å². The van der Waals surface area contributed by atoms with Crippen LogP contribution in [0.4, 0.5) is 4.39 Å². The van der Waals surface area contributed by atoms with E-state index in [9.17, 15) is 17.6 Å². The van der Waals surface area contributed by atoms with Crippen LogP contribution in [0.3, 0.4) is 0 Å². The quantitative estimate of drug-likeness (QED) is 0.798. The normalized spacial score (nSPS) is 13.0. The van der Waals surface area contributed by atoms with Gasteiger partial charge in [0.15, 0.2) is 0 Å². The van der Waals surface area contributed by atoms with Gasteiger partial charge in [0.25, 0.3) is 0 Å². The van der Waals surface area contributed by atoms with Gasteiger partial charge < -0.3 is 5.11 Å². The van der Waals surface area contributed by atoms with Crippen LogP contribution in [0.5, 0.6) is 0 Å². The minimum Gasteiger partial charge on any atom is -0.477 e. The number of carboxylic acids is 1. The van der Waals surface area contributed by atoms with E-state index in [4.69, 9.17) is 5.11 Å². The Hall–Kier alpha value is -1.77. The summed E-state index contributed by atoms with van der Waals surface area (Å²) in [5, 5.41) is 10.6. The highest BCUT2D eigenvalue weighted by atomic mass is 32.2. The lowest BCUT2D eigenvalue weighted by atomic mass is 10.1. The fourth-order valence-electron chi connectivity index (χ4n) is 2.25. The lowest BCUT2D eigenvalue weighted by molar-refractivity contribution is 0.0701. The van der Waals surface area contributed by atoms with Crippen LogP contribution in [0, 0.1) is 5.82 Å². The van der Waals surface area contributed by atoms with Crippen LogP contribution in [0.2, 0.25) is 0 Å². The highest BCUT2D eigenvalue weighted by Gasteiger charge is 2.20. The van der Waals surface area contributed by atoms with E-state index in [-0.39, 0.29) is 16.3 Å². The molecule has 23 heavy (non-hydrogen) atoms. The first-order valence-electron chi connectivity index (χ1n) is 6.81. The molecule has 1 aromatic carbocycles. The predicted molar refractivity (Wildman–Crippen MR) is 86.6 cm³/mol. The molecule has 0 bridgehead atoms. The minimum absolute atomic E-state index is 0.0214. The molecule has 0 radical (unpaired) electrons. The van der Waals surface area contributed by atoms with Gasteiger partial charge in [-0.2, -0.15) is 0 Å². The van der Waals surface area contributed by atoms with Gasteiger partial charge in [0.2, 0.25) is 10.0 Å². The van der Waals surface area contributed by atoms with Crippen molar-refractivity contribution in [3.8, 4) is 0 Å². The summed E-state index contributed by atoms with van der Waals surface area (Å²) in [6, 6.07) is 7.01. The van der Waals surface area contributed by atoms with Gasteiger partial charge >= 0.3 is 5.97 Å². The molecular weight excluding hydrogens is 341 g/mol. The molecule has 2 N–H and O–H groups in total. The molecule has 0 aliphatic heterocycles. The first kappa shape index (κ1) is 17.6. The van der Waals surface area contributed by atoms with Crippen molar-refractivity contribution in [1.29, 1.82) is 0 Å². The molecule has 1 heterocycles. The molecule has 0 spiro atoms. The number of halogens is 1. The molecule has 8 heteroatoms. The average Bonchev–Trinajstić information content (AvgIpc) is 2.85. The molecule has 0 aliphatic rings. The van der Waals surface area contributed by atoms with Crippen molar-refractivity contribution in [2.75, 3.05) is 0 Å². The SMILES string of the molecule is CC(Cc1cccc(F)c1)NS(=O)(=O)Cc1ccsc1C(=O)O. The highest BCUT2D eigenvalue weighted by molar-refractivity contribution is 7.88. The van der Waals surface area contributed by atoms with E-state index in [1.165, 1.54) is 18.2 Å². The summed E-state index contributed by atoms with van der Waals surface area (Å²) >= 11 is 0.988. The van der Waals surface area contributed by atoms with Crippen molar-refractivity contribution in [1.82, 2.24) is 4.72 Å². The fourth-order valence-corrected chi connectivity index (χ4v) is 4.53. The minimum atomic E-state index is -3.69. The first-order chi connectivity index (χ1) is 10.8. The molecule has 0 saturated heterocycles. The number of thiophene rings is 1. The Morgan fingerprint density at radius 2 is 2.13 bits per heavy atom. The second-order valence-corrected chi connectivity index (χ2v) is 7.86. The molecule has 0 fully saturated rings. The Kier molecular flexibility index (Phi) is 5.51. The molecule has 0 amide bonds. The van der Waals surface area contributed by atoms with Gasteiger partial charge in [-0.15, -0.1) is 11.3 Å². The topological polar surface area (TPSA) is 83.5 Å². The third-order valence-corrected chi connectivity index (χ3v) is 5.50. The maximum atomic E-state index is 13.1. The summed E-state index contributed by atoms with van der Waals surface area (Å²) < 4.78 is 40.0. The summed E-state index contributed by atoms with van der Waals surface area (Å²) in [7, 11) is -3.69. The van der Waals surface area contributed by atoms with Crippen LogP contribution in [-0.4, -0.2) is 25.5 Å². The van der Waals surface area contributed by atoms with Gasteiger partial charge in [0.05, 0.1) is 5.75 Å². The van der Waals surface area contributed by atoms with E-state index < -0.39 is 27.8 Å². The lowest BCUT2D eigenvalue weighted by Gasteiger charge is -2.14. The third-order valence-electron chi connectivity index (χ3n) is 3.10. The Morgan fingerprint density at radius 3 is 2.78 bits per heavy atom. The molecular formula is C15H16FNO4S2. The maximum Gasteiger partial charge on any atom is 0.346 e. The summed E-state index contributed by atoms with van der Waals surface area (Å²) in [5.41, 5.74) is 0.940. The zero-order valence-corrected chi connectivity index (χ0v) is 14.0. The molecule has 2 rings (SSSR count). The second kappa shape index (κ2) is 7.20. The molecule has 1 aromatic heterocycles. The van der Waals surface area contributed by atoms with E-state index in [1.54, 1.807) is 24.4 Å². The van der Waals surface area contributed by atoms with E-state index in [0.717, 1.165) is 11.3 Å². The van der Waals surface area contributed by atoms with Gasteiger partial charge in [-0.3, -0.25) is 0 Å². The zero-order valence-electron chi connectivity index (χ0n) is 12.3. The molecule has 124 valence electrons. The molecule has 2 aromatic rings. The number of carboxylic acid groups (broad SMARTS) is 1. The molecule has 1 unspecified atom stereocenters. The number of carbonyl (C=O) groups is 1. The van der Waals surface area contributed by atoms with Crippen LogP contribution < -0.4 is 4.72 Å². The number of benzene rings is 1. The largest absolute Gasteiger partial charge is 0.477 e. The van der Waals surface area contributed by atoms with Gasteiger partial charge in [0, 0.05) is 6.04 Å². The second-order valence-electron chi connectivity index (χ2n) is 5.19. The lowest BCUT2D eigenvalue weighted by Crippen LogP contribution is -2.35. The van der Waals surface area contributed by atoms with Crippen LogP contribution in [0.25, 0.3) is 0 Å². The number of hydrogen-bond acceptors (Lipinski definition) is 4. The Labute approximate surface area is 137 Å². The molecule has 1 atom stereocenters. The number of sulfonamides is 1. The number of hydrogen-bond donors (Lipinski definition) is 2. The van der Waals surface area contributed by atoms with E-state index in [1.807, 2.05) is 0 Å². The summed E-state index contributed by atoms with van der Waals surface area (Å²) in [6.45, 7) is 1.67. The van der Waals surface area contributed by atoms with E-state index in [2.05, 4.69) is 4.72 Å². The van der Waals surface area contributed by atoms with Crippen molar-refractivity contribution in [3.63, 3.8) is 0 Å². The number of aromatic carboxylic acids is 1. The predicted octanol–water partition coefficient (Wildman–Crippen LogP) is 2.64. The highest BCUT2D eigenvalue weighted by Crippen LogP contribution is 2.19. The van der Waals surface area contributed by atoms with Gasteiger partial charge in [-0.25, -0.2) is 22.3 Å². The third kappa shape index (κ3) is 5.12. The van der Waals surface area contributed by atoms with Crippen molar-refractivity contribution in [2.45, 2.75) is 25.1 Å². The standard InChI is InChI=1S/C15H16FNO4S2/c1-10(7-11-3-2-4-13(16)8-11)17-23(20,21)9-12-5-6-22-14(12)15(18)19/h2-6,8,10,17H,7,9H2,1H3,(H,18,19). The Morgan fingerprint density at radius 1 is 1.39 bits per heavy atom. The van der Waals surface area contributed by atoms with Gasteiger partial charge in [-0.05, 0) is 48.1 Å². The van der Waals surface area contributed by atoms with Crippen molar-refractivity contribution in [3.05, 3.63) is 57.5 Å². The fraction of sp³-hybridized carbons (Fsp3) is 0.267. The van der Waals surface area contributed by atoms with Gasteiger partial charge in [0.1, 0.15) is 10.7 Å². The number of nitrogens with one attached hydrogen (secondary N) is 1. The van der Waals surface area contributed by atoms with Crippen LogP contribution in [0.15, 0.2) is 35.7 Å². The van der Waals surface area contributed by atoms with Crippen molar-refractivity contribution >= 4 is 27.3 Å². The molecule has 5 nitrogen and oxygen atoms in total. The van der Waals surface area contributed by atoms with Gasteiger partial charge in [-0.1, -0.05) is 12.1 Å². The van der Waals surface area contributed by atoms with E-state index in [0.29, 0.717) is 12.0 Å².